The number of amides is 1. The first-order chi connectivity index (χ1) is 7.85. The minimum absolute atomic E-state index is 0.240. The summed E-state index contributed by atoms with van der Waals surface area (Å²) in [6.07, 6.45) is 2.06. The Balaban J connectivity index is 1.92. The Kier molecular flexibility index (Phi) is 3.15. The van der Waals surface area contributed by atoms with Gasteiger partial charge in [-0.25, -0.2) is 4.79 Å². The number of carbonyl (C=O) groups is 2. The Morgan fingerprint density at radius 1 is 1.29 bits per heavy atom. The van der Waals surface area contributed by atoms with Crippen molar-refractivity contribution in [3.63, 3.8) is 0 Å². The second kappa shape index (κ2) is 4.31. The number of fused-ring (bicyclic) bond motifs is 1. The molecule has 17 heavy (non-hydrogen) atoms. The molecule has 2 fully saturated rings. The van der Waals surface area contributed by atoms with Crippen molar-refractivity contribution >= 4 is 11.9 Å². The van der Waals surface area contributed by atoms with Gasteiger partial charge in [-0.2, -0.15) is 0 Å². The van der Waals surface area contributed by atoms with Gasteiger partial charge in [0.15, 0.2) is 0 Å². The van der Waals surface area contributed by atoms with Gasteiger partial charge in [-0.15, -0.1) is 0 Å². The van der Waals surface area contributed by atoms with E-state index in [9.17, 15) is 9.59 Å². The molecule has 0 N–H and O–H groups in total. The molecule has 1 amide bonds. The van der Waals surface area contributed by atoms with E-state index < -0.39 is 5.60 Å². The number of ether oxygens (including phenoxy) is 1. The molecule has 1 heterocycles. The van der Waals surface area contributed by atoms with Gasteiger partial charge in [0.1, 0.15) is 11.4 Å². The average molecular weight is 239 g/mol. The normalized spacial score (nSPS) is 29.1. The van der Waals surface area contributed by atoms with Gasteiger partial charge in [0, 0.05) is 25.9 Å². The zero-order chi connectivity index (χ0) is 12.6. The van der Waals surface area contributed by atoms with Crippen LogP contribution >= 0.6 is 0 Å². The lowest BCUT2D eigenvalue weighted by Gasteiger charge is -2.35. The summed E-state index contributed by atoms with van der Waals surface area (Å²) in [6, 6.07) is 0. The molecule has 1 saturated heterocycles. The fourth-order valence-electron chi connectivity index (χ4n) is 2.74. The molecule has 0 aromatic carbocycles. The van der Waals surface area contributed by atoms with Crippen molar-refractivity contribution < 1.29 is 14.3 Å². The van der Waals surface area contributed by atoms with Crippen molar-refractivity contribution in [2.45, 2.75) is 45.6 Å². The van der Waals surface area contributed by atoms with Crippen LogP contribution in [-0.2, 0) is 9.53 Å². The van der Waals surface area contributed by atoms with Crippen LogP contribution in [0.4, 0.5) is 4.79 Å². The highest BCUT2D eigenvalue weighted by atomic mass is 16.6. The summed E-state index contributed by atoms with van der Waals surface area (Å²) in [6.45, 7) is 7.03. The number of hydrogen-bond acceptors (Lipinski definition) is 3. The summed E-state index contributed by atoms with van der Waals surface area (Å²) in [4.78, 5) is 25.0. The van der Waals surface area contributed by atoms with E-state index in [1.54, 1.807) is 4.90 Å². The van der Waals surface area contributed by atoms with E-state index in [0.717, 1.165) is 13.0 Å². The third kappa shape index (κ3) is 2.99. The first kappa shape index (κ1) is 12.4. The molecule has 2 unspecified atom stereocenters. The molecule has 0 aromatic heterocycles. The summed E-state index contributed by atoms with van der Waals surface area (Å²) in [5.41, 5.74) is -0.445. The molecule has 4 heteroatoms. The Labute approximate surface area is 102 Å². The highest BCUT2D eigenvalue weighted by molar-refractivity contribution is 5.81. The van der Waals surface area contributed by atoms with Crippen molar-refractivity contribution in [2.24, 2.45) is 11.8 Å². The lowest BCUT2D eigenvalue weighted by molar-refractivity contribution is -0.117. The maximum atomic E-state index is 11.9. The van der Waals surface area contributed by atoms with Gasteiger partial charge in [0.2, 0.25) is 0 Å². The Hall–Kier alpha value is -1.06. The van der Waals surface area contributed by atoms with Crippen LogP contribution in [-0.4, -0.2) is 35.5 Å². The SMILES string of the molecule is CC(C)(C)OC(=O)N1CCC2CC(=O)CC2C1. The van der Waals surface area contributed by atoms with Gasteiger partial charge in [-0.1, -0.05) is 0 Å². The van der Waals surface area contributed by atoms with Crippen LogP contribution < -0.4 is 0 Å². The quantitative estimate of drug-likeness (QED) is 0.651. The van der Waals surface area contributed by atoms with Gasteiger partial charge in [0.25, 0.3) is 0 Å². The van der Waals surface area contributed by atoms with Crippen molar-refractivity contribution in [1.29, 1.82) is 0 Å². The number of ketones is 1. The van der Waals surface area contributed by atoms with Gasteiger partial charge in [-0.3, -0.25) is 4.79 Å². The molecule has 0 aromatic rings. The summed E-state index contributed by atoms with van der Waals surface area (Å²) < 4.78 is 5.35. The summed E-state index contributed by atoms with van der Waals surface area (Å²) in [5, 5.41) is 0. The van der Waals surface area contributed by atoms with Crippen molar-refractivity contribution in [3.8, 4) is 0 Å². The minimum Gasteiger partial charge on any atom is -0.444 e. The molecular formula is C13H21NO3. The number of rotatable bonds is 0. The number of Topliss-reactive ketones (excluding diaryl/α,β-unsaturated/α-hetero) is 1. The maximum Gasteiger partial charge on any atom is 0.410 e. The zero-order valence-corrected chi connectivity index (χ0v) is 10.9. The highest BCUT2D eigenvalue weighted by Gasteiger charge is 2.39. The molecule has 0 bridgehead atoms. The van der Waals surface area contributed by atoms with Crippen LogP contribution in [0.1, 0.15) is 40.0 Å². The number of piperidine rings is 1. The molecular weight excluding hydrogens is 218 g/mol. The molecule has 2 aliphatic rings. The molecule has 1 saturated carbocycles. The molecule has 1 aliphatic carbocycles. The minimum atomic E-state index is -0.445. The Morgan fingerprint density at radius 2 is 1.94 bits per heavy atom. The van der Waals surface area contributed by atoms with Crippen LogP contribution in [0.25, 0.3) is 0 Å². The van der Waals surface area contributed by atoms with E-state index in [2.05, 4.69) is 0 Å². The molecule has 2 atom stereocenters. The van der Waals surface area contributed by atoms with Gasteiger partial charge < -0.3 is 9.64 Å². The van der Waals surface area contributed by atoms with Gasteiger partial charge in [0.05, 0.1) is 0 Å². The molecule has 2 rings (SSSR count). The number of carbonyl (C=O) groups excluding carboxylic acids is 2. The fraction of sp³-hybridized carbons (Fsp3) is 0.846. The van der Waals surface area contributed by atoms with E-state index in [-0.39, 0.29) is 6.09 Å². The fourth-order valence-corrected chi connectivity index (χ4v) is 2.74. The van der Waals surface area contributed by atoms with Crippen LogP contribution in [0, 0.1) is 11.8 Å². The maximum absolute atomic E-state index is 11.9. The molecule has 96 valence electrons. The monoisotopic (exact) mass is 239 g/mol. The van der Waals surface area contributed by atoms with Crippen LogP contribution in [0.15, 0.2) is 0 Å². The largest absolute Gasteiger partial charge is 0.444 e. The van der Waals surface area contributed by atoms with Gasteiger partial charge in [-0.05, 0) is 39.0 Å². The third-order valence-electron chi connectivity index (χ3n) is 3.52. The van der Waals surface area contributed by atoms with E-state index in [0.29, 0.717) is 37.0 Å². The molecule has 1 aliphatic heterocycles. The predicted molar refractivity (Wildman–Crippen MR) is 63.6 cm³/mol. The van der Waals surface area contributed by atoms with Crippen molar-refractivity contribution in [2.75, 3.05) is 13.1 Å². The Morgan fingerprint density at radius 3 is 2.59 bits per heavy atom. The smallest absolute Gasteiger partial charge is 0.410 e. The summed E-state index contributed by atoms with van der Waals surface area (Å²) in [5.74, 6) is 1.22. The molecule has 4 nitrogen and oxygen atoms in total. The number of likely N-dealkylation sites (tertiary alicyclic amines) is 1. The van der Waals surface area contributed by atoms with Crippen molar-refractivity contribution in [1.82, 2.24) is 4.90 Å². The van der Waals surface area contributed by atoms with E-state index in [1.165, 1.54) is 0 Å². The van der Waals surface area contributed by atoms with Gasteiger partial charge >= 0.3 is 6.09 Å². The third-order valence-corrected chi connectivity index (χ3v) is 3.52. The number of nitrogens with zero attached hydrogens (tertiary/aromatic N) is 1. The lowest BCUT2D eigenvalue weighted by Crippen LogP contribution is -2.44. The van der Waals surface area contributed by atoms with Crippen LogP contribution in [0.2, 0.25) is 0 Å². The Bertz CT molecular complexity index is 332. The second-order valence-electron chi connectivity index (χ2n) is 6.18. The predicted octanol–water partition coefficient (Wildman–Crippen LogP) is 2.22. The topological polar surface area (TPSA) is 46.6 Å². The van der Waals surface area contributed by atoms with E-state index >= 15 is 0 Å². The first-order valence-corrected chi connectivity index (χ1v) is 6.35. The highest BCUT2D eigenvalue weighted by Crippen LogP contribution is 2.36. The first-order valence-electron chi connectivity index (χ1n) is 6.35. The van der Waals surface area contributed by atoms with Crippen LogP contribution in [0.3, 0.4) is 0 Å². The standard InChI is InChI=1S/C13H21NO3/c1-13(2,3)17-12(16)14-5-4-9-6-11(15)7-10(9)8-14/h9-10H,4-8H2,1-3H3. The second-order valence-corrected chi connectivity index (χ2v) is 6.18. The summed E-state index contributed by atoms with van der Waals surface area (Å²) in [7, 11) is 0. The molecule has 0 radical (unpaired) electrons. The van der Waals surface area contributed by atoms with Crippen LogP contribution in [0.5, 0.6) is 0 Å². The molecule has 0 spiro atoms. The van der Waals surface area contributed by atoms with Crippen molar-refractivity contribution in [3.05, 3.63) is 0 Å². The average Bonchev–Trinajstić information content (AvgIpc) is 2.53. The van der Waals surface area contributed by atoms with E-state index in [4.69, 9.17) is 4.74 Å². The van der Waals surface area contributed by atoms with E-state index in [1.807, 2.05) is 20.8 Å². The zero-order valence-electron chi connectivity index (χ0n) is 10.9. The lowest BCUT2D eigenvalue weighted by atomic mass is 9.89. The number of hydrogen-bond donors (Lipinski definition) is 0. The summed E-state index contributed by atoms with van der Waals surface area (Å²) >= 11 is 0.